The second-order valence-electron chi connectivity index (χ2n) is 14.6. The van der Waals surface area contributed by atoms with E-state index in [1.165, 1.54) is 38.5 Å². The molecule has 0 radical (unpaired) electrons. The summed E-state index contributed by atoms with van der Waals surface area (Å²) >= 11 is 0. The summed E-state index contributed by atoms with van der Waals surface area (Å²) in [5.41, 5.74) is 0. The molecule has 0 aliphatic heterocycles. The lowest BCUT2D eigenvalue weighted by Gasteiger charge is -2.20. The van der Waals surface area contributed by atoms with Gasteiger partial charge < -0.3 is 29.7 Å². The lowest BCUT2D eigenvalue weighted by molar-refractivity contribution is -0.161. The normalized spacial score (nSPS) is 19.3. The molecule has 7 atom stereocenters. The number of phosphoric ester groups is 1. The standard InChI is InChI=1S/C41H71O12P/c1-4-6-15-22-35(43)26-27-38-34(25-28-39(38)45)21-17-13-14-19-24-41(47)53-37(32-52-54(48,49)51-30-36(44)29-42)31-50-40(46)23-18-12-10-8-7-9-11-16-20-33(3)5-2/h13,17,25-28,33-38,42-44H,4-12,14-16,18-24,29-32H2,1-3H3,(H,48,49)/b17-13-,27-26+/t33?,34-,35-,36-,37+,38+/m0/s1. The van der Waals surface area contributed by atoms with Gasteiger partial charge in [0.05, 0.1) is 25.9 Å². The minimum atomic E-state index is -4.67. The molecule has 0 aromatic heterocycles. The Morgan fingerprint density at radius 3 is 2.19 bits per heavy atom. The van der Waals surface area contributed by atoms with Crippen molar-refractivity contribution in [3.63, 3.8) is 0 Å². The lowest BCUT2D eigenvalue weighted by Crippen LogP contribution is -2.29. The van der Waals surface area contributed by atoms with E-state index in [2.05, 4.69) is 25.3 Å². The van der Waals surface area contributed by atoms with E-state index in [0.29, 0.717) is 32.1 Å². The van der Waals surface area contributed by atoms with Gasteiger partial charge >= 0.3 is 19.8 Å². The van der Waals surface area contributed by atoms with Gasteiger partial charge in [0, 0.05) is 18.8 Å². The fourth-order valence-electron chi connectivity index (χ4n) is 5.90. The minimum absolute atomic E-state index is 0.00118. The lowest BCUT2D eigenvalue weighted by atomic mass is 9.90. The van der Waals surface area contributed by atoms with Crippen molar-refractivity contribution in [2.24, 2.45) is 17.8 Å². The van der Waals surface area contributed by atoms with E-state index >= 15 is 0 Å². The molecule has 0 aromatic rings. The van der Waals surface area contributed by atoms with Crippen molar-refractivity contribution in [2.75, 3.05) is 26.4 Å². The maximum Gasteiger partial charge on any atom is 0.472 e. The van der Waals surface area contributed by atoms with E-state index in [0.717, 1.165) is 44.4 Å². The maximum absolute atomic E-state index is 12.7. The molecule has 312 valence electrons. The minimum Gasteiger partial charge on any atom is -0.462 e. The number of carbonyl (C=O) groups is 3. The second kappa shape index (κ2) is 31.0. The Hall–Kier alpha value is -2.18. The zero-order valence-electron chi connectivity index (χ0n) is 33.2. The first-order chi connectivity index (χ1) is 25.9. The third-order valence-corrected chi connectivity index (χ3v) is 10.5. The summed E-state index contributed by atoms with van der Waals surface area (Å²) in [5, 5.41) is 28.5. The van der Waals surface area contributed by atoms with E-state index in [9.17, 15) is 34.1 Å². The Labute approximate surface area is 324 Å². The van der Waals surface area contributed by atoms with Crippen LogP contribution in [0.15, 0.2) is 36.5 Å². The highest BCUT2D eigenvalue weighted by atomic mass is 31.2. The number of allylic oxidation sites excluding steroid dienone is 5. The zero-order valence-corrected chi connectivity index (χ0v) is 34.1. The van der Waals surface area contributed by atoms with Crippen LogP contribution in [-0.4, -0.2) is 82.7 Å². The SMILES string of the molecule is CCCCC[C@H](O)/C=C/[C@H]1C(=O)C=C[C@@H]1C/C=C\CCCC(=O)O[C@H](COC(=O)CCCCCCCCCCC(C)CC)COP(=O)(O)OC[C@@H](O)CO. The molecule has 2 unspecified atom stereocenters. The number of hydrogen-bond acceptors (Lipinski definition) is 11. The fraction of sp³-hybridized carbons (Fsp3) is 0.780. The van der Waals surface area contributed by atoms with Crippen LogP contribution in [0.5, 0.6) is 0 Å². The highest BCUT2D eigenvalue weighted by molar-refractivity contribution is 7.47. The Kier molecular flexibility index (Phi) is 28.6. The van der Waals surface area contributed by atoms with Crippen LogP contribution in [0.4, 0.5) is 0 Å². The first-order valence-corrected chi connectivity index (χ1v) is 21.9. The topological polar surface area (TPSA) is 186 Å². The molecule has 12 nitrogen and oxygen atoms in total. The third kappa shape index (κ3) is 25.8. The maximum atomic E-state index is 12.7. The van der Waals surface area contributed by atoms with Gasteiger partial charge in [-0.1, -0.05) is 128 Å². The molecular formula is C41H71O12P. The van der Waals surface area contributed by atoms with Crippen LogP contribution in [0, 0.1) is 17.8 Å². The summed E-state index contributed by atoms with van der Waals surface area (Å²) in [6.45, 7) is 4.33. The van der Waals surface area contributed by atoms with Crippen molar-refractivity contribution in [3.05, 3.63) is 36.5 Å². The van der Waals surface area contributed by atoms with E-state index in [1.54, 1.807) is 12.2 Å². The van der Waals surface area contributed by atoms with Crippen LogP contribution in [0.25, 0.3) is 0 Å². The van der Waals surface area contributed by atoms with E-state index < -0.39 is 57.9 Å². The molecule has 0 saturated carbocycles. The predicted molar refractivity (Wildman–Crippen MR) is 209 cm³/mol. The quantitative estimate of drug-likeness (QED) is 0.0215. The largest absolute Gasteiger partial charge is 0.472 e. The van der Waals surface area contributed by atoms with Crippen LogP contribution in [0.2, 0.25) is 0 Å². The number of ketones is 1. The number of aliphatic hydroxyl groups is 3. The molecule has 0 amide bonds. The zero-order chi connectivity index (χ0) is 40.0. The molecule has 0 heterocycles. The second-order valence-corrected chi connectivity index (χ2v) is 16.0. The van der Waals surface area contributed by atoms with Crippen LogP contribution in [0.3, 0.4) is 0 Å². The monoisotopic (exact) mass is 786 g/mol. The van der Waals surface area contributed by atoms with Gasteiger partial charge in [-0.25, -0.2) is 4.57 Å². The van der Waals surface area contributed by atoms with Gasteiger partial charge in [0.25, 0.3) is 0 Å². The highest BCUT2D eigenvalue weighted by Crippen LogP contribution is 2.43. The van der Waals surface area contributed by atoms with Crippen LogP contribution in [0.1, 0.15) is 143 Å². The van der Waals surface area contributed by atoms with Gasteiger partial charge in [-0.2, -0.15) is 0 Å². The highest BCUT2D eigenvalue weighted by Gasteiger charge is 2.28. The van der Waals surface area contributed by atoms with Crippen LogP contribution < -0.4 is 0 Å². The van der Waals surface area contributed by atoms with E-state index in [1.807, 2.05) is 24.3 Å². The van der Waals surface area contributed by atoms with E-state index in [4.69, 9.17) is 19.1 Å². The molecule has 0 aromatic carbocycles. The molecular weight excluding hydrogens is 715 g/mol. The summed E-state index contributed by atoms with van der Waals surface area (Å²) < 4.78 is 32.6. The summed E-state index contributed by atoms with van der Waals surface area (Å²) in [6.07, 6.45) is 24.7. The number of unbranched alkanes of at least 4 members (excludes halogenated alkanes) is 10. The van der Waals surface area contributed by atoms with Crippen molar-refractivity contribution in [1.29, 1.82) is 0 Å². The molecule has 1 rings (SSSR count). The number of phosphoric acid groups is 1. The molecule has 0 spiro atoms. The first-order valence-electron chi connectivity index (χ1n) is 20.4. The Morgan fingerprint density at radius 2 is 1.50 bits per heavy atom. The van der Waals surface area contributed by atoms with Crippen LogP contribution >= 0.6 is 7.82 Å². The van der Waals surface area contributed by atoms with Crippen molar-refractivity contribution in [1.82, 2.24) is 0 Å². The molecule has 0 saturated heterocycles. The number of hydrogen-bond donors (Lipinski definition) is 4. The Bertz CT molecular complexity index is 1150. The number of ether oxygens (including phenoxy) is 2. The molecule has 0 fully saturated rings. The van der Waals surface area contributed by atoms with Gasteiger partial charge in [-0.05, 0) is 50.0 Å². The molecule has 1 aliphatic carbocycles. The van der Waals surface area contributed by atoms with Gasteiger partial charge in [0.2, 0.25) is 0 Å². The fourth-order valence-corrected chi connectivity index (χ4v) is 6.69. The summed E-state index contributed by atoms with van der Waals surface area (Å²) in [5.74, 6) is -0.565. The predicted octanol–water partition coefficient (Wildman–Crippen LogP) is 7.86. The number of rotatable bonds is 34. The van der Waals surface area contributed by atoms with Crippen molar-refractivity contribution >= 4 is 25.5 Å². The summed E-state index contributed by atoms with van der Waals surface area (Å²) in [6, 6.07) is 0. The summed E-state index contributed by atoms with van der Waals surface area (Å²) in [7, 11) is -4.67. The van der Waals surface area contributed by atoms with Crippen LogP contribution in [-0.2, 0) is 37.5 Å². The Balaban J connectivity index is 2.49. The van der Waals surface area contributed by atoms with Gasteiger partial charge in [0.15, 0.2) is 11.9 Å². The first kappa shape index (κ1) is 49.8. The van der Waals surface area contributed by atoms with Gasteiger partial charge in [0.1, 0.15) is 12.7 Å². The Morgan fingerprint density at radius 1 is 0.852 bits per heavy atom. The van der Waals surface area contributed by atoms with Gasteiger partial charge in [-0.3, -0.25) is 23.4 Å². The number of carbonyl (C=O) groups excluding carboxylic acids is 3. The smallest absolute Gasteiger partial charge is 0.462 e. The average Bonchev–Trinajstić information content (AvgIpc) is 3.51. The molecule has 13 heteroatoms. The molecule has 54 heavy (non-hydrogen) atoms. The van der Waals surface area contributed by atoms with Crippen molar-refractivity contribution < 1.29 is 57.7 Å². The van der Waals surface area contributed by atoms with Crippen molar-refractivity contribution in [3.8, 4) is 0 Å². The van der Waals surface area contributed by atoms with Gasteiger partial charge in [-0.15, -0.1) is 0 Å². The summed E-state index contributed by atoms with van der Waals surface area (Å²) in [4.78, 5) is 47.4. The third-order valence-electron chi connectivity index (χ3n) is 9.59. The molecule has 1 aliphatic rings. The average molecular weight is 787 g/mol. The molecule has 4 N–H and O–H groups in total. The van der Waals surface area contributed by atoms with E-state index in [-0.39, 0.29) is 37.1 Å². The molecule has 0 bridgehead atoms. The van der Waals surface area contributed by atoms with Crippen molar-refractivity contribution in [2.45, 2.75) is 161 Å². The number of esters is 2. The number of aliphatic hydroxyl groups excluding tert-OH is 3.